The third kappa shape index (κ3) is 3.49. The third-order valence-corrected chi connectivity index (χ3v) is 4.74. The molecule has 1 saturated heterocycles. The molecular formula is C16H25N3O. The van der Waals surface area contributed by atoms with E-state index >= 15 is 0 Å². The van der Waals surface area contributed by atoms with Crippen LogP contribution in [-0.2, 0) is 6.54 Å². The van der Waals surface area contributed by atoms with Gasteiger partial charge in [0.25, 0.3) is 0 Å². The Kier molecular flexibility index (Phi) is 4.53. The second-order valence-electron chi connectivity index (χ2n) is 6.17. The molecule has 0 unspecified atom stereocenters. The molecule has 1 aromatic rings. The van der Waals surface area contributed by atoms with E-state index in [-0.39, 0.29) is 5.56 Å². The van der Waals surface area contributed by atoms with Crippen LogP contribution in [-0.4, -0.2) is 47.0 Å². The van der Waals surface area contributed by atoms with E-state index in [9.17, 15) is 4.79 Å². The summed E-state index contributed by atoms with van der Waals surface area (Å²) < 4.78 is 0. The Balaban J connectivity index is 1.49. The summed E-state index contributed by atoms with van der Waals surface area (Å²) >= 11 is 0. The van der Waals surface area contributed by atoms with Gasteiger partial charge in [0.1, 0.15) is 0 Å². The van der Waals surface area contributed by atoms with Crippen LogP contribution in [0.5, 0.6) is 0 Å². The standard InChI is InChI=1S/C16H25N3O/c20-16-12-14(6-7-17-16)13-18-8-10-19(11-9-18)15-4-2-1-3-5-15/h6-7,12,15H,1-5,8-11,13H2,(H,17,20). The SMILES string of the molecule is O=c1cc(CN2CCN(C3CCCCC3)CC2)cc[nH]1. The summed E-state index contributed by atoms with van der Waals surface area (Å²) in [6.07, 6.45) is 8.80. The zero-order valence-electron chi connectivity index (χ0n) is 12.2. The van der Waals surface area contributed by atoms with Gasteiger partial charge in [0, 0.05) is 51.0 Å². The van der Waals surface area contributed by atoms with Gasteiger partial charge in [-0.25, -0.2) is 0 Å². The first-order chi connectivity index (χ1) is 9.81. The first kappa shape index (κ1) is 13.8. The molecule has 1 saturated carbocycles. The number of aromatic amines is 1. The lowest BCUT2D eigenvalue weighted by Gasteiger charge is -2.40. The lowest BCUT2D eigenvalue weighted by Crippen LogP contribution is -2.50. The normalized spacial score (nSPS) is 23.0. The van der Waals surface area contributed by atoms with Gasteiger partial charge < -0.3 is 4.98 Å². The van der Waals surface area contributed by atoms with E-state index in [0.29, 0.717) is 0 Å². The molecule has 4 heteroatoms. The predicted molar refractivity (Wildman–Crippen MR) is 80.8 cm³/mol. The highest BCUT2D eigenvalue weighted by molar-refractivity contribution is 5.09. The summed E-state index contributed by atoms with van der Waals surface area (Å²) in [5, 5.41) is 0. The Morgan fingerprint density at radius 2 is 1.85 bits per heavy atom. The molecule has 0 amide bonds. The van der Waals surface area contributed by atoms with Gasteiger partial charge in [0.15, 0.2) is 0 Å². The smallest absolute Gasteiger partial charge is 0.248 e. The zero-order valence-corrected chi connectivity index (χ0v) is 12.2. The minimum absolute atomic E-state index is 0.00309. The van der Waals surface area contributed by atoms with Crippen LogP contribution in [0.25, 0.3) is 0 Å². The second kappa shape index (κ2) is 6.55. The van der Waals surface area contributed by atoms with Crippen molar-refractivity contribution in [2.45, 2.75) is 44.7 Å². The number of hydrogen-bond acceptors (Lipinski definition) is 3. The van der Waals surface area contributed by atoms with Crippen LogP contribution >= 0.6 is 0 Å². The highest BCUT2D eigenvalue weighted by atomic mass is 16.1. The molecule has 1 N–H and O–H groups in total. The maximum atomic E-state index is 11.3. The molecule has 1 aliphatic heterocycles. The lowest BCUT2D eigenvalue weighted by atomic mass is 9.94. The quantitative estimate of drug-likeness (QED) is 0.914. The number of nitrogens with one attached hydrogen (secondary N) is 1. The van der Waals surface area contributed by atoms with Gasteiger partial charge >= 0.3 is 0 Å². The molecule has 1 aromatic heterocycles. The van der Waals surface area contributed by atoms with E-state index in [2.05, 4.69) is 14.8 Å². The first-order valence-corrected chi connectivity index (χ1v) is 7.95. The largest absolute Gasteiger partial charge is 0.329 e. The van der Waals surface area contributed by atoms with Crippen molar-refractivity contribution in [1.29, 1.82) is 0 Å². The van der Waals surface area contributed by atoms with Crippen molar-refractivity contribution in [3.63, 3.8) is 0 Å². The summed E-state index contributed by atoms with van der Waals surface area (Å²) in [4.78, 5) is 19.1. The molecule has 20 heavy (non-hydrogen) atoms. The Hall–Kier alpha value is -1.13. The van der Waals surface area contributed by atoms with E-state index in [0.717, 1.165) is 31.2 Å². The van der Waals surface area contributed by atoms with Crippen molar-refractivity contribution in [2.24, 2.45) is 0 Å². The molecule has 3 rings (SSSR count). The summed E-state index contributed by atoms with van der Waals surface area (Å²) in [5.74, 6) is 0. The topological polar surface area (TPSA) is 39.3 Å². The van der Waals surface area contributed by atoms with E-state index in [4.69, 9.17) is 0 Å². The van der Waals surface area contributed by atoms with Gasteiger partial charge in [0.05, 0.1) is 0 Å². The van der Waals surface area contributed by atoms with Crippen molar-refractivity contribution in [2.75, 3.05) is 26.2 Å². The molecule has 0 radical (unpaired) electrons. The van der Waals surface area contributed by atoms with Gasteiger partial charge in [0.2, 0.25) is 5.56 Å². The van der Waals surface area contributed by atoms with Gasteiger partial charge in [-0.15, -0.1) is 0 Å². The summed E-state index contributed by atoms with van der Waals surface area (Å²) in [6.45, 7) is 5.54. The fourth-order valence-corrected chi connectivity index (χ4v) is 3.58. The molecule has 2 fully saturated rings. The minimum Gasteiger partial charge on any atom is -0.329 e. The van der Waals surface area contributed by atoms with Gasteiger partial charge in [-0.1, -0.05) is 19.3 Å². The van der Waals surface area contributed by atoms with Crippen molar-refractivity contribution in [1.82, 2.24) is 14.8 Å². The Labute approximate surface area is 120 Å². The average Bonchev–Trinajstić information content (AvgIpc) is 2.49. The fraction of sp³-hybridized carbons (Fsp3) is 0.688. The van der Waals surface area contributed by atoms with E-state index < -0.39 is 0 Å². The van der Waals surface area contributed by atoms with E-state index in [1.54, 1.807) is 12.3 Å². The maximum absolute atomic E-state index is 11.3. The van der Waals surface area contributed by atoms with Crippen molar-refractivity contribution in [3.05, 3.63) is 34.2 Å². The number of rotatable bonds is 3. The molecule has 2 aliphatic rings. The predicted octanol–water partition coefficient (Wildman–Crippen LogP) is 1.83. The van der Waals surface area contributed by atoms with Crippen molar-refractivity contribution >= 4 is 0 Å². The summed E-state index contributed by atoms with van der Waals surface area (Å²) in [7, 11) is 0. The number of aromatic nitrogens is 1. The van der Waals surface area contributed by atoms with Crippen LogP contribution in [0.4, 0.5) is 0 Å². The molecule has 1 aliphatic carbocycles. The monoisotopic (exact) mass is 275 g/mol. The third-order valence-electron chi connectivity index (χ3n) is 4.74. The fourth-order valence-electron chi connectivity index (χ4n) is 3.58. The Morgan fingerprint density at radius 3 is 2.55 bits per heavy atom. The minimum atomic E-state index is 0.00309. The number of nitrogens with zero attached hydrogens (tertiary/aromatic N) is 2. The molecular weight excluding hydrogens is 250 g/mol. The highest BCUT2D eigenvalue weighted by Crippen LogP contribution is 2.23. The number of H-pyrrole nitrogens is 1. The van der Waals surface area contributed by atoms with Crippen LogP contribution in [0.1, 0.15) is 37.7 Å². The van der Waals surface area contributed by atoms with Crippen molar-refractivity contribution in [3.8, 4) is 0 Å². The Bertz CT molecular complexity index is 471. The second-order valence-corrected chi connectivity index (χ2v) is 6.17. The maximum Gasteiger partial charge on any atom is 0.248 e. The average molecular weight is 275 g/mol. The molecule has 110 valence electrons. The van der Waals surface area contributed by atoms with Gasteiger partial charge in [-0.05, 0) is 24.5 Å². The molecule has 0 atom stereocenters. The number of pyridine rings is 1. The van der Waals surface area contributed by atoms with E-state index in [1.807, 2.05) is 6.07 Å². The molecule has 4 nitrogen and oxygen atoms in total. The molecule has 0 spiro atoms. The molecule has 2 heterocycles. The summed E-state index contributed by atoms with van der Waals surface area (Å²) in [6, 6.07) is 4.56. The van der Waals surface area contributed by atoms with Crippen LogP contribution < -0.4 is 5.56 Å². The van der Waals surface area contributed by atoms with Crippen LogP contribution in [0.3, 0.4) is 0 Å². The highest BCUT2D eigenvalue weighted by Gasteiger charge is 2.24. The lowest BCUT2D eigenvalue weighted by molar-refractivity contribution is 0.0755. The zero-order chi connectivity index (χ0) is 13.8. The molecule has 0 bridgehead atoms. The Morgan fingerprint density at radius 1 is 1.10 bits per heavy atom. The molecule has 0 aromatic carbocycles. The van der Waals surface area contributed by atoms with Gasteiger partial charge in [-0.3, -0.25) is 14.6 Å². The number of piperazine rings is 1. The first-order valence-electron chi connectivity index (χ1n) is 7.95. The van der Waals surface area contributed by atoms with Crippen LogP contribution in [0, 0.1) is 0 Å². The van der Waals surface area contributed by atoms with Crippen LogP contribution in [0.2, 0.25) is 0 Å². The summed E-state index contributed by atoms with van der Waals surface area (Å²) in [5.41, 5.74) is 1.13. The van der Waals surface area contributed by atoms with Crippen LogP contribution in [0.15, 0.2) is 23.1 Å². The van der Waals surface area contributed by atoms with Gasteiger partial charge in [-0.2, -0.15) is 0 Å². The number of hydrogen-bond donors (Lipinski definition) is 1. The van der Waals surface area contributed by atoms with Crippen molar-refractivity contribution < 1.29 is 0 Å². The van der Waals surface area contributed by atoms with E-state index in [1.165, 1.54) is 45.2 Å².